The van der Waals surface area contributed by atoms with Crippen molar-refractivity contribution in [3.05, 3.63) is 59.7 Å². The molecular formula is C43H60F6O6. The Morgan fingerprint density at radius 2 is 1.44 bits per heavy atom. The van der Waals surface area contributed by atoms with E-state index in [4.69, 9.17) is 19.3 Å². The van der Waals surface area contributed by atoms with Crippen molar-refractivity contribution in [2.75, 3.05) is 14.2 Å². The number of hydrogen-bond donors (Lipinski definition) is 2. The maximum Gasteiger partial charge on any atom is 0.426 e. The van der Waals surface area contributed by atoms with Gasteiger partial charge in [-0.2, -0.15) is 26.3 Å². The van der Waals surface area contributed by atoms with Crippen molar-refractivity contribution in [3.63, 3.8) is 0 Å². The first kappa shape index (κ1) is 44.7. The Bertz CT molecular complexity index is 1470. The van der Waals surface area contributed by atoms with E-state index in [0.29, 0.717) is 31.6 Å². The van der Waals surface area contributed by atoms with Crippen LogP contribution in [0, 0.1) is 23.2 Å². The van der Waals surface area contributed by atoms with Crippen molar-refractivity contribution in [3.8, 4) is 11.5 Å². The second-order valence-corrected chi connectivity index (χ2v) is 16.5. The fourth-order valence-electron chi connectivity index (χ4n) is 9.45. The molecule has 2 N–H and O–H groups in total. The van der Waals surface area contributed by atoms with E-state index >= 15 is 0 Å². The van der Waals surface area contributed by atoms with Crippen LogP contribution < -0.4 is 4.74 Å². The summed E-state index contributed by atoms with van der Waals surface area (Å²) in [7, 11) is 3.22. The van der Waals surface area contributed by atoms with Crippen LogP contribution in [0.3, 0.4) is 0 Å². The number of benzene rings is 2. The lowest BCUT2D eigenvalue weighted by molar-refractivity contribution is -0.373. The highest BCUT2D eigenvalue weighted by Gasteiger charge is 2.71. The average Bonchev–Trinajstić information content (AvgIpc) is 3.77. The Morgan fingerprint density at radius 1 is 0.855 bits per heavy atom. The number of hydrogen-bond acceptors (Lipinski definition) is 6. The van der Waals surface area contributed by atoms with Crippen molar-refractivity contribution < 1.29 is 55.6 Å². The molecule has 0 aromatic heterocycles. The zero-order chi connectivity index (χ0) is 40.7. The van der Waals surface area contributed by atoms with Gasteiger partial charge >= 0.3 is 18.3 Å². The monoisotopic (exact) mass is 786 g/mol. The molecule has 3 fully saturated rings. The molecule has 6 atom stereocenters. The van der Waals surface area contributed by atoms with Gasteiger partial charge in [0.1, 0.15) is 11.5 Å². The Balaban J connectivity index is 0.000000311. The molecule has 2 aromatic rings. The first-order valence-corrected chi connectivity index (χ1v) is 19.9. The summed E-state index contributed by atoms with van der Waals surface area (Å²) < 4.78 is 92.6. The zero-order valence-electron chi connectivity index (χ0n) is 32.9. The molecule has 2 bridgehead atoms. The SMILES string of the molecule is CCCC(C)(CC(CC(CC)c1ccc(OC2(OC)CCCCC2)cc1)c1ccc(O)cc1)C(=O)OC.OC(CC1CC2CCC1C2)(C(F)(F)F)C(F)(F)F. The Kier molecular flexibility index (Phi) is 15.1. The highest BCUT2D eigenvalue weighted by atomic mass is 19.4. The number of rotatable bonds is 15. The molecule has 0 heterocycles. The van der Waals surface area contributed by atoms with Gasteiger partial charge in [-0.25, -0.2) is 0 Å². The van der Waals surface area contributed by atoms with Gasteiger partial charge in [0.25, 0.3) is 5.60 Å². The number of phenolic OH excluding ortho intramolecular Hbond substituents is 1. The lowest BCUT2D eigenvalue weighted by Gasteiger charge is -2.36. The van der Waals surface area contributed by atoms with Gasteiger partial charge in [-0.3, -0.25) is 4.79 Å². The van der Waals surface area contributed by atoms with Crippen LogP contribution in [0.5, 0.6) is 11.5 Å². The lowest BCUT2D eigenvalue weighted by Crippen LogP contribution is -2.58. The van der Waals surface area contributed by atoms with Gasteiger partial charge in [-0.05, 0) is 136 Å². The van der Waals surface area contributed by atoms with Gasteiger partial charge in [0.2, 0.25) is 5.79 Å². The predicted molar refractivity (Wildman–Crippen MR) is 199 cm³/mol. The number of fused-ring (bicyclic) bond motifs is 2. The normalized spacial score (nSPS) is 23.2. The van der Waals surface area contributed by atoms with Gasteiger partial charge in [0.15, 0.2) is 0 Å². The largest absolute Gasteiger partial charge is 0.508 e. The predicted octanol–water partition coefficient (Wildman–Crippen LogP) is 11.8. The van der Waals surface area contributed by atoms with Crippen LogP contribution in [0.2, 0.25) is 0 Å². The minimum absolute atomic E-state index is 0.0915. The summed E-state index contributed by atoms with van der Waals surface area (Å²) in [6.07, 6.45) is -0.325. The molecule has 3 aliphatic carbocycles. The van der Waals surface area contributed by atoms with E-state index in [0.717, 1.165) is 69.1 Å². The number of aromatic hydroxyl groups is 1. The van der Waals surface area contributed by atoms with E-state index in [9.17, 15) is 36.2 Å². The van der Waals surface area contributed by atoms with Gasteiger partial charge in [-0.15, -0.1) is 0 Å². The first-order chi connectivity index (χ1) is 25.8. The van der Waals surface area contributed by atoms with Crippen molar-refractivity contribution in [2.45, 2.75) is 153 Å². The Hall–Kier alpha value is -2.99. The smallest absolute Gasteiger partial charge is 0.426 e. The highest BCUT2D eigenvalue weighted by molar-refractivity contribution is 5.76. The van der Waals surface area contributed by atoms with Crippen molar-refractivity contribution in [1.82, 2.24) is 0 Å². The second kappa shape index (κ2) is 18.5. The van der Waals surface area contributed by atoms with Crippen LogP contribution in [-0.4, -0.2) is 54.1 Å². The molecule has 6 nitrogen and oxygen atoms in total. The summed E-state index contributed by atoms with van der Waals surface area (Å²) in [5.41, 5.74) is -2.71. The van der Waals surface area contributed by atoms with E-state index in [2.05, 4.69) is 38.1 Å². The van der Waals surface area contributed by atoms with Crippen LogP contribution >= 0.6 is 0 Å². The lowest BCUT2D eigenvalue weighted by atomic mass is 9.72. The number of halogens is 6. The molecule has 0 radical (unpaired) electrons. The third-order valence-corrected chi connectivity index (χ3v) is 12.6. The van der Waals surface area contributed by atoms with Crippen molar-refractivity contribution >= 4 is 5.97 Å². The summed E-state index contributed by atoms with van der Waals surface area (Å²) in [5.74, 6) is 0.390. The van der Waals surface area contributed by atoms with Crippen LogP contribution in [0.25, 0.3) is 0 Å². The molecule has 0 aliphatic heterocycles. The van der Waals surface area contributed by atoms with Gasteiger partial charge in [0.05, 0.1) is 12.5 Å². The molecule has 3 saturated carbocycles. The summed E-state index contributed by atoms with van der Waals surface area (Å²) in [5, 5.41) is 19.0. The fraction of sp³-hybridized carbons (Fsp3) is 0.698. The molecule has 5 rings (SSSR count). The third kappa shape index (κ3) is 10.9. The molecule has 2 aromatic carbocycles. The van der Waals surface area contributed by atoms with Crippen LogP contribution in [-0.2, 0) is 14.3 Å². The Morgan fingerprint density at radius 3 is 1.91 bits per heavy atom. The summed E-state index contributed by atoms with van der Waals surface area (Å²) in [4.78, 5) is 12.8. The van der Waals surface area contributed by atoms with Crippen LogP contribution in [0.4, 0.5) is 26.3 Å². The molecular weight excluding hydrogens is 726 g/mol. The van der Waals surface area contributed by atoms with Crippen molar-refractivity contribution in [2.24, 2.45) is 23.2 Å². The number of esters is 1. The number of alkyl halides is 6. The summed E-state index contributed by atoms with van der Waals surface area (Å²) >= 11 is 0. The third-order valence-electron chi connectivity index (χ3n) is 12.6. The quantitative estimate of drug-likeness (QED) is 0.106. The Labute approximate surface area is 322 Å². The van der Waals surface area contributed by atoms with Gasteiger partial charge < -0.3 is 24.4 Å². The number of phenols is 1. The zero-order valence-corrected chi connectivity index (χ0v) is 32.9. The molecule has 3 aliphatic rings. The van der Waals surface area contributed by atoms with Crippen LogP contribution in [0.15, 0.2) is 48.5 Å². The fourth-order valence-corrected chi connectivity index (χ4v) is 9.45. The minimum atomic E-state index is -5.67. The maximum atomic E-state index is 12.8. The van der Waals surface area contributed by atoms with E-state index < -0.39 is 41.5 Å². The number of aliphatic hydroxyl groups is 1. The number of carbonyl (C=O) groups is 1. The molecule has 0 saturated heterocycles. The number of methoxy groups -OCH3 is 2. The van der Waals surface area contributed by atoms with E-state index in [1.165, 1.54) is 19.1 Å². The molecule has 0 spiro atoms. The van der Waals surface area contributed by atoms with Gasteiger partial charge in [-0.1, -0.05) is 57.4 Å². The molecule has 55 heavy (non-hydrogen) atoms. The summed E-state index contributed by atoms with van der Waals surface area (Å²) in [6, 6.07) is 15.9. The first-order valence-electron chi connectivity index (χ1n) is 19.9. The van der Waals surface area contributed by atoms with Gasteiger partial charge in [0, 0.05) is 20.0 Å². The molecule has 6 unspecified atom stereocenters. The molecule has 310 valence electrons. The summed E-state index contributed by atoms with van der Waals surface area (Å²) in [6.45, 7) is 6.35. The minimum Gasteiger partial charge on any atom is -0.508 e. The van der Waals surface area contributed by atoms with E-state index in [1.54, 1.807) is 19.2 Å². The molecule has 0 amide bonds. The second-order valence-electron chi connectivity index (χ2n) is 16.5. The maximum absolute atomic E-state index is 12.8. The highest BCUT2D eigenvalue weighted by Crippen LogP contribution is 2.55. The van der Waals surface area contributed by atoms with E-state index in [-0.39, 0.29) is 29.5 Å². The topological polar surface area (TPSA) is 85.2 Å². The standard InChI is InChI=1S/C32H46O5.C11H14F6O/c1-6-19-31(3,30(34)35-4)23-27(26-11-15-28(33)16-12-26)22-24(7-2)25-13-17-29(18-14-25)37-32(36-5)20-9-8-10-21-32;12-10(13,14)9(18,11(15,16)17)5-8-4-6-1-2-7(8)3-6/h11-18,24,27,33H,6-10,19-23H2,1-5H3;6-8,18H,1-5H2. The van der Waals surface area contributed by atoms with Crippen LogP contribution in [0.1, 0.15) is 140 Å². The van der Waals surface area contributed by atoms with E-state index in [1.807, 2.05) is 19.1 Å². The average molecular weight is 787 g/mol. The molecule has 12 heteroatoms. The van der Waals surface area contributed by atoms with Crippen molar-refractivity contribution in [1.29, 1.82) is 0 Å². The number of ether oxygens (including phenoxy) is 3. The number of carbonyl (C=O) groups excluding carboxylic acids is 1.